The summed E-state index contributed by atoms with van der Waals surface area (Å²) >= 11 is 6.10. The lowest BCUT2D eigenvalue weighted by atomic mass is 9.81. The van der Waals surface area contributed by atoms with E-state index >= 15 is 0 Å². The van der Waals surface area contributed by atoms with Crippen molar-refractivity contribution in [1.82, 2.24) is 0 Å². The zero-order chi connectivity index (χ0) is 21.5. The molecule has 1 N–H and O–H groups in total. The molecule has 1 heterocycles. The highest BCUT2D eigenvalue weighted by molar-refractivity contribution is 6.31. The van der Waals surface area contributed by atoms with Crippen LogP contribution in [0.1, 0.15) is 40.2 Å². The van der Waals surface area contributed by atoms with Gasteiger partial charge in [0.2, 0.25) is 0 Å². The molecule has 0 saturated carbocycles. The molecule has 1 aliphatic rings. The van der Waals surface area contributed by atoms with Gasteiger partial charge in [-0.1, -0.05) is 30.7 Å². The van der Waals surface area contributed by atoms with Gasteiger partial charge in [-0.2, -0.15) is 13.2 Å². The van der Waals surface area contributed by atoms with Crippen molar-refractivity contribution < 1.29 is 32.6 Å². The molecule has 0 radical (unpaired) electrons. The summed E-state index contributed by atoms with van der Waals surface area (Å²) in [5, 5.41) is 8.98. The Morgan fingerprint density at radius 1 is 1.24 bits per heavy atom. The number of hydrogen-bond donors (Lipinski definition) is 1. The first kappa shape index (κ1) is 21.0. The van der Waals surface area contributed by atoms with Gasteiger partial charge in [-0.3, -0.25) is 4.79 Å². The fourth-order valence-corrected chi connectivity index (χ4v) is 3.81. The van der Waals surface area contributed by atoms with Gasteiger partial charge in [0, 0.05) is 12.1 Å². The number of hydrogen-bond acceptors (Lipinski definition) is 3. The van der Waals surface area contributed by atoms with Crippen LogP contribution in [0.25, 0.3) is 0 Å². The third-order valence-corrected chi connectivity index (χ3v) is 5.35. The van der Waals surface area contributed by atoms with Gasteiger partial charge in [0.05, 0.1) is 17.2 Å². The van der Waals surface area contributed by atoms with Crippen molar-refractivity contribution in [2.45, 2.75) is 24.9 Å². The highest BCUT2D eigenvalue weighted by Crippen LogP contribution is 2.48. The minimum atomic E-state index is -4.61. The number of rotatable bonds is 4. The number of carbonyl (C=O) groups excluding carboxylic acids is 1. The van der Waals surface area contributed by atoms with E-state index in [-0.39, 0.29) is 39.9 Å². The predicted molar refractivity (Wildman–Crippen MR) is 101 cm³/mol. The molecule has 5 nitrogen and oxygen atoms in total. The number of likely N-dealkylation sites (N-methyl/N-ethyl adjacent to an activating group) is 1. The maximum absolute atomic E-state index is 14.0. The van der Waals surface area contributed by atoms with Crippen LogP contribution in [0, 0.1) is 0 Å². The van der Waals surface area contributed by atoms with Gasteiger partial charge in [0.15, 0.2) is 6.61 Å². The zero-order valence-electron chi connectivity index (χ0n) is 15.5. The van der Waals surface area contributed by atoms with Gasteiger partial charge < -0.3 is 14.7 Å². The van der Waals surface area contributed by atoms with E-state index in [4.69, 9.17) is 21.4 Å². The van der Waals surface area contributed by atoms with Crippen molar-refractivity contribution in [2.24, 2.45) is 0 Å². The maximum atomic E-state index is 14.0. The normalized spacial score (nSPS) is 16.1. The molecular formula is C20H17ClF3NO4. The summed E-state index contributed by atoms with van der Waals surface area (Å²) in [5.74, 6) is -4.28. The summed E-state index contributed by atoms with van der Waals surface area (Å²) in [7, 11) is 1.47. The van der Waals surface area contributed by atoms with Crippen LogP contribution in [0.2, 0.25) is 5.02 Å². The molecule has 0 aromatic heterocycles. The maximum Gasteiger partial charge on any atom is 0.396 e. The minimum Gasteiger partial charge on any atom is -0.482 e. The van der Waals surface area contributed by atoms with Crippen molar-refractivity contribution in [1.29, 1.82) is 0 Å². The second-order valence-corrected chi connectivity index (χ2v) is 7.23. The van der Waals surface area contributed by atoms with E-state index < -0.39 is 24.0 Å². The van der Waals surface area contributed by atoms with E-state index in [0.29, 0.717) is 5.75 Å². The number of carboxylic acids is 1. The molecule has 2 aromatic carbocycles. The zero-order valence-corrected chi connectivity index (χ0v) is 16.2. The number of anilines is 1. The Kier molecular flexibility index (Phi) is 5.49. The molecule has 1 amide bonds. The Morgan fingerprint density at radius 2 is 1.93 bits per heavy atom. The van der Waals surface area contributed by atoms with Crippen molar-refractivity contribution in [3.8, 4) is 5.75 Å². The van der Waals surface area contributed by atoms with Crippen LogP contribution in [0.5, 0.6) is 5.75 Å². The number of aromatic carboxylic acids is 1. The summed E-state index contributed by atoms with van der Waals surface area (Å²) in [6.07, 6.45) is -4.61. The topological polar surface area (TPSA) is 66.8 Å². The Hall–Kier alpha value is -2.74. The number of amides is 1. The Bertz CT molecular complexity index is 977. The van der Waals surface area contributed by atoms with Crippen molar-refractivity contribution in [2.75, 3.05) is 18.6 Å². The van der Waals surface area contributed by atoms with Gasteiger partial charge in [0.1, 0.15) is 5.75 Å². The molecule has 29 heavy (non-hydrogen) atoms. The summed E-state index contributed by atoms with van der Waals surface area (Å²) < 4.78 is 47.4. The van der Waals surface area contributed by atoms with Crippen molar-refractivity contribution in [3.63, 3.8) is 0 Å². The van der Waals surface area contributed by atoms with Crippen LogP contribution < -0.4 is 9.64 Å². The number of ether oxygens (including phenoxy) is 1. The molecule has 0 bridgehead atoms. The van der Waals surface area contributed by atoms with Crippen LogP contribution >= 0.6 is 11.6 Å². The van der Waals surface area contributed by atoms with Gasteiger partial charge in [0.25, 0.3) is 5.91 Å². The summed E-state index contributed by atoms with van der Waals surface area (Å²) in [6.45, 7) is 1.21. The molecule has 2 unspecified atom stereocenters. The van der Waals surface area contributed by atoms with Crippen LogP contribution in [0.3, 0.4) is 0 Å². The lowest BCUT2D eigenvalue weighted by Gasteiger charge is -2.31. The summed E-state index contributed by atoms with van der Waals surface area (Å²) in [5.41, 5.74) is 0.276. The van der Waals surface area contributed by atoms with Gasteiger partial charge in [-0.15, -0.1) is 0 Å². The highest BCUT2D eigenvalue weighted by Gasteiger charge is 2.45. The van der Waals surface area contributed by atoms with Crippen LogP contribution in [0.15, 0.2) is 36.4 Å². The number of halogens is 4. The molecule has 2 atom stereocenters. The fourth-order valence-electron chi connectivity index (χ4n) is 3.45. The first-order valence-electron chi connectivity index (χ1n) is 8.63. The third kappa shape index (κ3) is 4.03. The molecule has 3 rings (SSSR count). The van der Waals surface area contributed by atoms with E-state index in [2.05, 4.69) is 0 Å². The lowest BCUT2D eigenvalue weighted by molar-refractivity contribution is -0.154. The number of carboxylic acid groups (broad SMARTS) is 1. The summed E-state index contributed by atoms with van der Waals surface area (Å²) in [6, 6.07) is 7.68. The standard InChI is InChI=1S/C20H17ClF3NO4/c1-10(13-5-3-12(19(27)28)7-14(13)21)18(20(22,23)24)11-4-6-16-15(8-11)25(2)17(26)9-29-16/h3-8,10,18H,9H2,1-2H3,(H,27,28). The van der Waals surface area contributed by atoms with E-state index in [0.717, 1.165) is 6.07 Å². The lowest BCUT2D eigenvalue weighted by Crippen LogP contribution is -2.35. The van der Waals surface area contributed by atoms with Crippen LogP contribution in [0.4, 0.5) is 18.9 Å². The van der Waals surface area contributed by atoms with E-state index in [1.54, 1.807) is 0 Å². The molecule has 1 aliphatic heterocycles. The van der Waals surface area contributed by atoms with Gasteiger partial charge in [-0.05, 0) is 41.3 Å². The average molecular weight is 428 g/mol. The predicted octanol–water partition coefficient (Wildman–Crippen LogP) is 4.84. The SMILES string of the molecule is CC(c1ccc(C(=O)O)cc1Cl)C(c1ccc2c(c1)N(C)C(=O)CO2)C(F)(F)F. The Balaban J connectivity index is 2.06. The van der Waals surface area contributed by atoms with Crippen LogP contribution in [-0.4, -0.2) is 36.8 Å². The largest absolute Gasteiger partial charge is 0.482 e. The number of nitrogens with zero attached hydrogens (tertiary/aromatic N) is 1. The van der Waals surface area contributed by atoms with Crippen LogP contribution in [-0.2, 0) is 4.79 Å². The first-order valence-corrected chi connectivity index (χ1v) is 9.01. The molecular weight excluding hydrogens is 411 g/mol. The number of benzene rings is 2. The molecule has 0 fully saturated rings. The van der Waals surface area contributed by atoms with Crippen molar-refractivity contribution >= 4 is 29.2 Å². The quantitative estimate of drug-likeness (QED) is 0.758. The second kappa shape index (κ2) is 7.59. The first-order chi connectivity index (χ1) is 13.5. The minimum absolute atomic E-state index is 0.0488. The van der Waals surface area contributed by atoms with E-state index in [9.17, 15) is 22.8 Å². The number of fused-ring (bicyclic) bond motifs is 1. The summed E-state index contributed by atoms with van der Waals surface area (Å²) in [4.78, 5) is 24.2. The monoisotopic (exact) mass is 427 g/mol. The fraction of sp³-hybridized carbons (Fsp3) is 0.300. The number of alkyl halides is 3. The molecule has 0 spiro atoms. The highest BCUT2D eigenvalue weighted by atomic mass is 35.5. The molecule has 9 heteroatoms. The third-order valence-electron chi connectivity index (χ3n) is 5.02. The molecule has 0 aliphatic carbocycles. The Morgan fingerprint density at radius 3 is 2.52 bits per heavy atom. The Labute approximate surface area is 169 Å². The molecule has 154 valence electrons. The van der Waals surface area contributed by atoms with Gasteiger partial charge >= 0.3 is 12.1 Å². The smallest absolute Gasteiger partial charge is 0.396 e. The molecule has 2 aromatic rings. The van der Waals surface area contributed by atoms with E-state index in [1.807, 2.05) is 0 Å². The second-order valence-electron chi connectivity index (χ2n) is 6.82. The number of carbonyl (C=O) groups is 2. The van der Waals surface area contributed by atoms with Crippen molar-refractivity contribution in [3.05, 3.63) is 58.1 Å². The van der Waals surface area contributed by atoms with E-state index in [1.165, 1.54) is 49.2 Å². The van der Waals surface area contributed by atoms with Gasteiger partial charge in [-0.25, -0.2) is 4.79 Å². The molecule has 0 saturated heterocycles. The average Bonchev–Trinajstić information content (AvgIpc) is 2.63.